The highest BCUT2D eigenvalue weighted by atomic mass is 16.5. The van der Waals surface area contributed by atoms with Crippen LogP contribution < -0.4 is 10.6 Å². The van der Waals surface area contributed by atoms with Gasteiger partial charge in [0.15, 0.2) is 0 Å². The Labute approximate surface area is 137 Å². The number of carbonyl (C=O) groups excluding carboxylic acids is 1. The van der Waals surface area contributed by atoms with Gasteiger partial charge in [-0.15, -0.1) is 0 Å². The number of carbonyl (C=O) groups is 1. The lowest BCUT2D eigenvalue weighted by atomic mass is 10.1. The van der Waals surface area contributed by atoms with E-state index in [1.54, 1.807) is 19.4 Å². The third kappa shape index (κ3) is 6.08. The first-order valence-electron chi connectivity index (χ1n) is 7.80. The molecule has 122 valence electrons. The van der Waals surface area contributed by atoms with Gasteiger partial charge in [-0.2, -0.15) is 0 Å². The molecule has 2 N–H and O–H groups in total. The highest BCUT2D eigenvalue weighted by Crippen LogP contribution is 2.05. The lowest BCUT2D eigenvalue weighted by Crippen LogP contribution is -2.25. The van der Waals surface area contributed by atoms with Gasteiger partial charge < -0.3 is 15.4 Å². The van der Waals surface area contributed by atoms with Gasteiger partial charge in [-0.25, -0.2) is 4.98 Å². The van der Waals surface area contributed by atoms with Crippen LogP contribution in [-0.2, 0) is 11.2 Å². The summed E-state index contributed by atoms with van der Waals surface area (Å²) < 4.78 is 4.99. The number of benzene rings is 1. The van der Waals surface area contributed by atoms with E-state index in [2.05, 4.69) is 27.8 Å². The molecule has 23 heavy (non-hydrogen) atoms. The first kappa shape index (κ1) is 17.0. The first-order valence-corrected chi connectivity index (χ1v) is 7.80. The van der Waals surface area contributed by atoms with Crippen molar-refractivity contribution >= 4 is 11.7 Å². The lowest BCUT2D eigenvalue weighted by molar-refractivity contribution is 0.0954. The van der Waals surface area contributed by atoms with E-state index in [1.807, 2.05) is 24.3 Å². The van der Waals surface area contributed by atoms with Gasteiger partial charge in [-0.3, -0.25) is 4.79 Å². The average molecular weight is 313 g/mol. The molecule has 0 aliphatic carbocycles. The van der Waals surface area contributed by atoms with Crippen molar-refractivity contribution in [2.75, 3.05) is 32.1 Å². The Morgan fingerprint density at radius 1 is 1.13 bits per heavy atom. The molecule has 5 nitrogen and oxygen atoms in total. The van der Waals surface area contributed by atoms with Gasteiger partial charge in [0.25, 0.3) is 5.91 Å². The van der Waals surface area contributed by atoms with Crippen molar-refractivity contribution < 1.29 is 9.53 Å². The second-order valence-electron chi connectivity index (χ2n) is 5.20. The SMILES string of the molecule is COCCCNc1ccc(C(=O)NCCc2ccccc2)cn1. The van der Waals surface area contributed by atoms with Gasteiger partial charge in [0.05, 0.1) is 5.56 Å². The van der Waals surface area contributed by atoms with E-state index in [1.165, 1.54) is 5.56 Å². The maximum absolute atomic E-state index is 12.1. The average Bonchev–Trinajstić information content (AvgIpc) is 2.60. The quantitative estimate of drug-likeness (QED) is 0.698. The van der Waals surface area contributed by atoms with Crippen molar-refractivity contribution in [3.8, 4) is 0 Å². The zero-order valence-electron chi connectivity index (χ0n) is 13.4. The number of anilines is 1. The second kappa shape index (κ2) is 9.58. The molecule has 0 atom stereocenters. The Morgan fingerprint density at radius 2 is 1.96 bits per heavy atom. The lowest BCUT2D eigenvalue weighted by Gasteiger charge is -2.07. The van der Waals surface area contributed by atoms with E-state index in [0.717, 1.165) is 31.8 Å². The van der Waals surface area contributed by atoms with Crippen molar-refractivity contribution in [2.24, 2.45) is 0 Å². The summed E-state index contributed by atoms with van der Waals surface area (Å²) in [5, 5.41) is 6.10. The predicted molar refractivity (Wildman–Crippen MR) is 91.7 cm³/mol. The number of hydrogen-bond acceptors (Lipinski definition) is 4. The van der Waals surface area contributed by atoms with E-state index in [4.69, 9.17) is 4.74 Å². The van der Waals surface area contributed by atoms with E-state index in [9.17, 15) is 4.79 Å². The summed E-state index contributed by atoms with van der Waals surface area (Å²) in [6.07, 6.45) is 3.33. The van der Waals surface area contributed by atoms with Crippen molar-refractivity contribution in [1.29, 1.82) is 0 Å². The highest BCUT2D eigenvalue weighted by Gasteiger charge is 2.05. The normalized spacial score (nSPS) is 10.3. The Hall–Kier alpha value is -2.40. The van der Waals surface area contributed by atoms with E-state index in [0.29, 0.717) is 12.1 Å². The zero-order chi connectivity index (χ0) is 16.3. The van der Waals surface area contributed by atoms with Crippen molar-refractivity contribution in [3.05, 3.63) is 59.8 Å². The molecule has 1 aromatic heterocycles. The minimum atomic E-state index is -0.0978. The molecule has 0 radical (unpaired) electrons. The van der Waals surface area contributed by atoms with Crippen LogP contribution in [0.3, 0.4) is 0 Å². The van der Waals surface area contributed by atoms with Crippen LogP contribution in [-0.4, -0.2) is 37.7 Å². The molecule has 1 heterocycles. The Balaban J connectivity index is 1.74. The maximum Gasteiger partial charge on any atom is 0.252 e. The van der Waals surface area contributed by atoms with Crippen LogP contribution in [0.2, 0.25) is 0 Å². The van der Waals surface area contributed by atoms with Gasteiger partial charge in [0.1, 0.15) is 5.82 Å². The number of nitrogens with zero attached hydrogens (tertiary/aromatic N) is 1. The molecule has 2 aromatic rings. The number of hydrogen-bond donors (Lipinski definition) is 2. The van der Waals surface area contributed by atoms with Gasteiger partial charge in [0, 0.05) is 33.0 Å². The largest absolute Gasteiger partial charge is 0.385 e. The number of aromatic nitrogens is 1. The number of amides is 1. The van der Waals surface area contributed by atoms with Crippen LogP contribution in [0.1, 0.15) is 22.3 Å². The van der Waals surface area contributed by atoms with Crippen LogP contribution in [0.5, 0.6) is 0 Å². The third-order valence-corrected chi connectivity index (χ3v) is 3.40. The number of nitrogens with one attached hydrogen (secondary N) is 2. The van der Waals surface area contributed by atoms with Crippen molar-refractivity contribution in [3.63, 3.8) is 0 Å². The molecule has 0 aliphatic rings. The third-order valence-electron chi connectivity index (χ3n) is 3.40. The second-order valence-corrected chi connectivity index (χ2v) is 5.20. The summed E-state index contributed by atoms with van der Waals surface area (Å²) in [5.74, 6) is 0.668. The van der Waals surface area contributed by atoms with Crippen LogP contribution in [0.25, 0.3) is 0 Å². The minimum Gasteiger partial charge on any atom is -0.385 e. The molecule has 5 heteroatoms. The topological polar surface area (TPSA) is 63.2 Å². The molecule has 0 bridgehead atoms. The van der Waals surface area contributed by atoms with Crippen molar-refractivity contribution in [1.82, 2.24) is 10.3 Å². The van der Waals surface area contributed by atoms with Crippen LogP contribution >= 0.6 is 0 Å². The summed E-state index contributed by atoms with van der Waals surface area (Å²) in [6, 6.07) is 13.7. The molecule has 0 saturated carbocycles. The smallest absolute Gasteiger partial charge is 0.252 e. The fourth-order valence-corrected chi connectivity index (χ4v) is 2.13. The molecule has 2 rings (SSSR count). The number of rotatable bonds is 9. The van der Waals surface area contributed by atoms with E-state index in [-0.39, 0.29) is 5.91 Å². The number of methoxy groups -OCH3 is 1. The molecule has 1 amide bonds. The summed E-state index contributed by atoms with van der Waals surface area (Å²) in [4.78, 5) is 16.3. The highest BCUT2D eigenvalue weighted by molar-refractivity contribution is 5.94. The Bertz CT molecular complexity index is 585. The molecular weight excluding hydrogens is 290 g/mol. The van der Waals surface area contributed by atoms with Crippen LogP contribution in [0, 0.1) is 0 Å². The summed E-state index contributed by atoms with van der Waals surface area (Å²) >= 11 is 0. The predicted octanol–water partition coefficient (Wildman–Crippen LogP) is 2.50. The maximum atomic E-state index is 12.1. The minimum absolute atomic E-state index is 0.0978. The Morgan fingerprint density at radius 3 is 2.65 bits per heavy atom. The first-order chi connectivity index (χ1) is 11.3. The number of pyridine rings is 1. The Kier molecular flexibility index (Phi) is 7.07. The molecular formula is C18H23N3O2. The monoisotopic (exact) mass is 313 g/mol. The summed E-state index contributed by atoms with van der Waals surface area (Å²) in [7, 11) is 1.68. The van der Waals surface area contributed by atoms with Gasteiger partial charge in [-0.05, 0) is 30.5 Å². The summed E-state index contributed by atoms with van der Waals surface area (Å²) in [5.41, 5.74) is 1.78. The molecule has 0 saturated heterocycles. The van der Waals surface area contributed by atoms with Crippen LogP contribution in [0.15, 0.2) is 48.7 Å². The zero-order valence-corrected chi connectivity index (χ0v) is 13.4. The molecule has 1 aromatic carbocycles. The van der Waals surface area contributed by atoms with Crippen molar-refractivity contribution in [2.45, 2.75) is 12.8 Å². The molecule has 0 unspecified atom stereocenters. The van der Waals surface area contributed by atoms with E-state index < -0.39 is 0 Å². The van der Waals surface area contributed by atoms with E-state index >= 15 is 0 Å². The van der Waals surface area contributed by atoms with Gasteiger partial charge in [0.2, 0.25) is 0 Å². The fraction of sp³-hybridized carbons (Fsp3) is 0.333. The van der Waals surface area contributed by atoms with Crippen LogP contribution in [0.4, 0.5) is 5.82 Å². The fourth-order valence-electron chi connectivity index (χ4n) is 2.13. The summed E-state index contributed by atoms with van der Waals surface area (Å²) in [6.45, 7) is 2.12. The number of ether oxygens (including phenoxy) is 1. The standard InChI is InChI=1S/C18H23N3O2/c1-23-13-5-11-19-17-9-8-16(14-21-17)18(22)20-12-10-15-6-3-2-4-7-15/h2-4,6-9,14H,5,10-13H2,1H3,(H,19,21)(H,20,22). The molecule has 0 fully saturated rings. The molecule has 0 spiro atoms. The van der Waals surface area contributed by atoms with Gasteiger partial charge in [-0.1, -0.05) is 30.3 Å². The van der Waals surface area contributed by atoms with Gasteiger partial charge >= 0.3 is 0 Å². The molecule has 0 aliphatic heterocycles.